The van der Waals surface area contributed by atoms with E-state index in [1.807, 2.05) is 36.3 Å². The Hall–Kier alpha value is -2.51. The van der Waals surface area contributed by atoms with E-state index in [1.54, 1.807) is 29.1 Å². The molecule has 0 saturated carbocycles. The van der Waals surface area contributed by atoms with Crippen molar-refractivity contribution < 1.29 is 12.8 Å². The average Bonchev–Trinajstić information content (AvgIpc) is 3.34. The van der Waals surface area contributed by atoms with Crippen molar-refractivity contribution in [2.75, 3.05) is 13.1 Å². The van der Waals surface area contributed by atoms with Crippen LogP contribution in [0, 0.1) is 5.82 Å². The van der Waals surface area contributed by atoms with E-state index < -0.39 is 15.1 Å². The third-order valence-corrected chi connectivity index (χ3v) is 8.11. The number of hydrogen-bond acceptors (Lipinski definition) is 4. The van der Waals surface area contributed by atoms with Gasteiger partial charge in [-0.25, -0.2) is 12.8 Å². The van der Waals surface area contributed by atoms with E-state index in [0.29, 0.717) is 30.1 Å². The zero-order valence-electron chi connectivity index (χ0n) is 15.4. The SMILES string of the molecule is Cn1cc(-c2ccc3c(c2)[C@H]2CN(Cc4ccccc4F)C[C@H]2S3(=O)=O)cn1. The lowest BCUT2D eigenvalue weighted by Gasteiger charge is -2.18. The van der Waals surface area contributed by atoms with E-state index in [9.17, 15) is 12.8 Å². The molecule has 0 N–H and O–H groups in total. The highest BCUT2D eigenvalue weighted by atomic mass is 32.2. The molecule has 0 bridgehead atoms. The first-order chi connectivity index (χ1) is 13.4. The van der Waals surface area contributed by atoms with Gasteiger partial charge in [0.1, 0.15) is 5.82 Å². The monoisotopic (exact) mass is 397 g/mol. The Labute approximate surface area is 163 Å². The smallest absolute Gasteiger partial charge is 0.183 e. The van der Waals surface area contributed by atoms with Crippen molar-refractivity contribution in [3.63, 3.8) is 0 Å². The maximum atomic E-state index is 14.0. The van der Waals surface area contributed by atoms with E-state index in [4.69, 9.17) is 0 Å². The fourth-order valence-electron chi connectivity index (χ4n) is 4.47. The van der Waals surface area contributed by atoms with Gasteiger partial charge in [0.25, 0.3) is 0 Å². The Balaban J connectivity index is 1.48. The molecule has 1 aromatic heterocycles. The lowest BCUT2D eigenvalue weighted by atomic mass is 9.95. The van der Waals surface area contributed by atoms with Gasteiger partial charge in [-0.3, -0.25) is 9.58 Å². The van der Waals surface area contributed by atoms with Crippen LogP contribution in [0.2, 0.25) is 0 Å². The second-order valence-electron chi connectivity index (χ2n) is 7.63. The van der Waals surface area contributed by atoms with E-state index in [2.05, 4.69) is 5.10 Å². The Morgan fingerprint density at radius 1 is 1.14 bits per heavy atom. The molecule has 144 valence electrons. The summed E-state index contributed by atoms with van der Waals surface area (Å²) in [6.45, 7) is 1.47. The second kappa shape index (κ2) is 6.25. The summed E-state index contributed by atoms with van der Waals surface area (Å²) in [6, 6.07) is 12.2. The molecular formula is C21H20FN3O2S. The van der Waals surface area contributed by atoms with Gasteiger partial charge >= 0.3 is 0 Å². The quantitative estimate of drug-likeness (QED) is 0.682. The van der Waals surface area contributed by atoms with Crippen molar-refractivity contribution >= 4 is 9.84 Å². The molecule has 0 amide bonds. The first-order valence-electron chi connectivity index (χ1n) is 9.26. The van der Waals surface area contributed by atoms with Crippen molar-refractivity contribution in [3.05, 3.63) is 71.8 Å². The maximum Gasteiger partial charge on any atom is 0.183 e. The minimum Gasteiger partial charge on any atom is -0.297 e. The zero-order valence-corrected chi connectivity index (χ0v) is 16.2. The minimum atomic E-state index is -3.37. The van der Waals surface area contributed by atoms with Crippen LogP contribution in [0.1, 0.15) is 17.0 Å². The molecule has 3 heterocycles. The number of nitrogens with zero attached hydrogens (tertiary/aromatic N) is 3. The molecule has 2 aliphatic rings. The maximum absolute atomic E-state index is 14.0. The Kier molecular flexibility index (Phi) is 3.93. The topological polar surface area (TPSA) is 55.2 Å². The number of rotatable bonds is 3. The number of aromatic nitrogens is 2. The number of hydrogen-bond donors (Lipinski definition) is 0. The molecule has 5 rings (SSSR count). The molecule has 7 heteroatoms. The summed E-state index contributed by atoms with van der Waals surface area (Å²) < 4.78 is 41.9. The number of aryl methyl sites for hydroxylation is 1. The molecule has 3 aromatic rings. The first-order valence-corrected chi connectivity index (χ1v) is 10.8. The minimum absolute atomic E-state index is 0.0802. The summed E-state index contributed by atoms with van der Waals surface area (Å²) in [7, 11) is -1.51. The van der Waals surface area contributed by atoms with Gasteiger partial charge < -0.3 is 0 Å². The highest BCUT2D eigenvalue weighted by Crippen LogP contribution is 2.46. The molecule has 0 spiro atoms. The molecule has 5 nitrogen and oxygen atoms in total. The normalized spacial score (nSPS) is 22.9. The fraction of sp³-hybridized carbons (Fsp3) is 0.286. The average molecular weight is 397 g/mol. The Morgan fingerprint density at radius 2 is 1.96 bits per heavy atom. The van der Waals surface area contributed by atoms with Gasteiger partial charge in [-0.05, 0) is 29.3 Å². The van der Waals surface area contributed by atoms with E-state index in [-0.39, 0.29) is 11.7 Å². The molecule has 2 atom stereocenters. The van der Waals surface area contributed by atoms with Gasteiger partial charge in [0.2, 0.25) is 0 Å². The standard InChI is InChI=1S/C21H20FN3O2S/c1-24-10-16(9-23-24)14-6-7-20-17(8-14)18-12-25(13-21(18)28(20,26)27)11-15-4-2-3-5-19(15)22/h2-10,18,21H,11-13H2,1H3/t18-,21-/m1/s1. The number of benzene rings is 2. The van der Waals surface area contributed by atoms with Crippen LogP contribution < -0.4 is 0 Å². The summed E-state index contributed by atoms with van der Waals surface area (Å²) in [5.41, 5.74) is 3.41. The highest BCUT2D eigenvalue weighted by molar-refractivity contribution is 7.92. The number of halogens is 1. The number of sulfone groups is 1. The molecule has 28 heavy (non-hydrogen) atoms. The predicted octanol–water partition coefficient (Wildman–Crippen LogP) is 2.98. The Bertz CT molecular complexity index is 1170. The van der Waals surface area contributed by atoms with Crippen LogP contribution in [0.3, 0.4) is 0 Å². The lowest BCUT2D eigenvalue weighted by molar-refractivity contribution is 0.320. The fourth-order valence-corrected chi connectivity index (χ4v) is 6.67. The van der Waals surface area contributed by atoms with Gasteiger partial charge in [-0.15, -0.1) is 0 Å². The predicted molar refractivity (Wildman–Crippen MR) is 104 cm³/mol. The lowest BCUT2D eigenvalue weighted by Crippen LogP contribution is -2.26. The van der Waals surface area contributed by atoms with Gasteiger partial charge in [-0.1, -0.05) is 24.3 Å². The second-order valence-corrected chi connectivity index (χ2v) is 9.77. The number of likely N-dealkylation sites (tertiary alicyclic amines) is 1. The van der Waals surface area contributed by atoms with Crippen LogP contribution in [-0.4, -0.2) is 41.4 Å². The molecule has 0 aliphatic carbocycles. The van der Waals surface area contributed by atoms with E-state index >= 15 is 0 Å². The molecule has 2 aliphatic heterocycles. The van der Waals surface area contributed by atoms with Crippen molar-refractivity contribution in [2.45, 2.75) is 22.6 Å². The van der Waals surface area contributed by atoms with Crippen LogP contribution in [0.15, 0.2) is 59.8 Å². The summed E-state index contributed by atoms with van der Waals surface area (Å²) in [5, 5.41) is 3.74. The van der Waals surface area contributed by atoms with E-state index in [0.717, 1.165) is 16.7 Å². The summed E-state index contributed by atoms with van der Waals surface area (Å²) in [6.07, 6.45) is 3.70. The van der Waals surface area contributed by atoms with Crippen LogP contribution in [-0.2, 0) is 23.4 Å². The van der Waals surface area contributed by atoms with Crippen LogP contribution in [0.4, 0.5) is 4.39 Å². The van der Waals surface area contributed by atoms with Crippen molar-refractivity contribution in [1.82, 2.24) is 14.7 Å². The van der Waals surface area contributed by atoms with Crippen molar-refractivity contribution in [1.29, 1.82) is 0 Å². The van der Waals surface area contributed by atoms with Crippen LogP contribution in [0.25, 0.3) is 11.1 Å². The molecule has 1 fully saturated rings. The third kappa shape index (κ3) is 2.69. The Morgan fingerprint density at radius 3 is 2.71 bits per heavy atom. The molecular weight excluding hydrogens is 377 g/mol. The molecule has 0 radical (unpaired) electrons. The van der Waals surface area contributed by atoms with Gasteiger partial charge in [-0.2, -0.15) is 5.10 Å². The molecule has 0 unspecified atom stereocenters. The summed E-state index contributed by atoms with van der Waals surface area (Å²) in [5.74, 6) is -0.329. The van der Waals surface area contributed by atoms with Crippen LogP contribution in [0.5, 0.6) is 0 Å². The third-order valence-electron chi connectivity index (χ3n) is 5.85. The largest absolute Gasteiger partial charge is 0.297 e. The first kappa shape index (κ1) is 17.6. The van der Waals surface area contributed by atoms with Crippen molar-refractivity contribution in [2.24, 2.45) is 7.05 Å². The molecule has 1 saturated heterocycles. The molecule has 2 aromatic carbocycles. The van der Waals surface area contributed by atoms with Gasteiger partial charge in [0.05, 0.1) is 16.3 Å². The number of fused-ring (bicyclic) bond motifs is 3. The highest BCUT2D eigenvalue weighted by Gasteiger charge is 2.50. The summed E-state index contributed by atoms with van der Waals surface area (Å²) >= 11 is 0. The van der Waals surface area contributed by atoms with E-state index in [1.165, 1.54) is 6.07 Å². The zero-order chi connectivity index (χ0) is 19.5. The van der Waals surface area contributed by atoms with Crippen LogP contribution >= 0.6 is 0 Å². The van der Waals surface area contributed by atoms with Crippen molar-refractivity contribution in [3.8, 4) is 11.1 Å². The summed E-state index contributed by atoms with van der Waals surface area (Å²) in [4.78, 5) is 2.49. The van der Waals surface area contributed by atoms with Gasteiger partial charge in [0.15, 0.2) is 9.84 Å². The van der Waals surface area contributed by atoms with Gasteiger partial charge in [0, 0.05) is 49.9 Å².